The molecule has 0 radical (unpaired) electrons. The van der Waals surface area contributed by atoms with Crippen molar-refractivity contribution >= 4 is 5.97 Å². The fourth-order valence-electron chi connectivity index (χ4n) is 3.32. The number of carbonyl (C=O) groups excluding carboxylic acids is 1. The zero-order chi connectivity index (χ0) is 14.1. The summed E-state index contributed by atoms with van der Waals surface area (Å²) in [6.45, 7) is -0.0543. The van der Waals surface area contributed by atoms with E-state index in [4.69, 9.17) is 9.47 Å². The number of hydrogen-bond acceptors (Lipinski definition) is 4. The van der Waals surface area contributed by atoms with Gasteiger partial charge >= 0.3 is 0 Å². The third kappa shape index (κ3) is 2.63. The van der Waals surface area contributed by atoms with Crippen LogP contribution in [0.15, 0.2) is 18.2 Å². The van der Waals surface area contributed by atoms with Crippen LogP contribution in [0.25, 0.3) is 0 Å². The summed E-state index contributed by atoms with van der Waals surface area (Å²) in [7, 11) is 0. The lowest BCUT2D eigenvalue weighted by Gasteiger charge is -2.22. The van der Waals surface area contributed by atoms with E-state index < -0.39 is 11.8 Å². The van der Waals surface area contributed by atoms with Gasteiger partial charge in [0.25, 0.3) is 0 Å². The van der Waals surface area contributed by atoms with Crippen molar-refractivity contribution in [1.82, 2.24) is 0 Å². The number of carbonyl (C=O) groups is 1. The quantitative estimate of drug-likeness (QED) is 0.770. The van der Waals surface area contributed by atoms with Crippen molar-refractivity contribution in [2.24, 2.45) is 11.8 Å². The zero-order valence-electron chi connectivity index (χ0n) is 11.0. The first-order chi connectivity index (χ1) is 9.63. The Kier molecular flexibility index (Phi) is 3.61. The van der Waals surface area contributed by atoms with Gasteiger partial charge in [0.1, 0.15) is 0 Å². The van der Waals surface area contributed by atoms with Gasteiger partial charge in [-0.2, -0.15) is 0 Å². The number of rotatable bonds is 5. The molecule has 0 aromatic heterocycles. The van der Waals surface area contributed by atoms with Crippen LogP contribution >= 0.6 is 0 Å². The molecule has 2 fully saturated rings. The fraction of sp³-hybridized carbons (Fsp3) is 0.533. The number of carboxylic acid groups (broad SMARTS) is 1. The minimum Gasteiger partial charge on any atom is -0.545 e. The molecule has 1 aromatic rings. The summed E-state index contributed by atoms with van der Waals surface area (Å²) >= 11 is 0. The van der Waals surface area contributed by atoms with Gasteiger partial charge in [0.2, 0.25) is 0 Å². The van der Waals surface area contributed by atoms with E-state index in [1.807, 2.05) is 0 Å². The molecule has 3 atom stereocenters. The molecule has 1 aromatic carbocycles. The van der Waals surface area contributed by atoms with Gasteiger partial charge in [0.05, 0.1) is 12.1 Å². The molecule has 20 heavy (non-hydrogen) atoms. The lowest BCUT2D eigenvalue weighted by molar-refractivity contribution is -0.255. The molecule has 0 N–H and O–H groups in total. The highest BCUT2D eigenvalue weighted by Gasteiger charge is 2.40. The summed E-state index contributed by atoms with van der Waals surface area (Å²) in [6, 6.07) is 3.32. The fourth-order valence-corrected chi connectivity index (χ4v) is 3.32. The molecule has 0 amide bonds. The highest BCUT2D eigenvalue weighted by molar-refractivity contribution is 5.86. The number of benzene rings is 1. The first-order valence-electron chi connectivity index (χ1n) is 6.89. The molecule has 0 aliphatic heterocycles. The third-order valence-electron chi connectivity index (χ3n) is 4.34. The molecule has 0 heterocycles. The van der Waals surface area contributed by atoms with Crippen molar-refractivity contribution in [1.29, 1.82) is 0 Å². The van der Waals surface area contributed by atoms with E-state index in [1.165, 1.54) is 19.3 Å². The second-order valence-electron chi connectivity index (χ2n) is 5.57. The van der Waals surface area contributed by atoms with Gasteiger partial charge in [0.15, 0.2) is 18.4 Å². The van der Waals surface area contributed by atoms with Gasteiger partial charge < -0.3 is 19.4 Å². The minimum atomic E-state index is -1.36. The predicted molar refractivity (Wildman–Crippen MR) is 66.5 cm³/mol. The maximum Gasteiger partial charge on any atom is 0.189 e. The minimum absolute atomic E-state index is 0.0543. The van der Waals surface area contributed by atoms with Gasteiger partial charge in [-0.3, -0.25) is 0 Å². The number of aromatic carboxylic acids is 1. The van der Waals surface area contributed by atoms with Gasteiger partial charge in [-0.15, -0.1) is 0 Å². The SMILES string of the molecule is O=C([O-])c1ccc(F)c(OCOC2CC3CCC2C3)c1. The normalized spacial score (nSPS) is 27.8. The number of halogens is 1. The molecule has 0 spiro atoms. The first-order valence-corrected chi connectivity index (χ1v) is 6.89. The molecule has 4 nitrogen and oxygen atoms in total. The topological polar surface area (TPSA) is 58.6 Å². The Bertz CT molecular complexity index is 517. The summed E-state index contributed by atoms with van der Waals surface area (Å²) in [4.78, 5) is 10.7. The molecule has 3 unspecified atom stereocenters. The maximum atomic E-state index is 13.5. The van der Waals surface area contributed by atoms with Crippen LogP contribution in [0.1, 0.15) is 36.0 Å². The molecule has 5 heteroatoms. The van der Waals surface area contributed by atoms with Crippen molar-refractivity contribution in [3.05, 3.63) is 29.6 Å². The summed E-state index contributed by atoms with van der Waals surface area (Å²) in [6.07, 6.45) is 4.95. The van der Waals surface area contributed by atoms with E-state index in [-0.39, 0.29) is 24.2 Å². The number of hydrogen-bond donors (Lipinski definition) is 0. The van der Waals surface area contributed by atoms with Crippen LogP contribution in [0, 0.1) is 17.7 Å². The molecular formula is C15H16FO4-. The van der Waals surface area contributed by atoms with Gasteiger partial charge in [-0.05, 0) is 55.7 Å². The lowest BCUT2D eigenvalue weighted by atomic mass is 9.98. The van der Waals surface area contributed by atoms with Gasteiger partial charge in [-0.1, -0.05) is 0 Å². The van der Waals surface area contributed by atoms with Crippen molar-refractivity contribution in [3.8, 4) is 5.75 Å². The van der Waals surface area contributed by atoms with E-state index in [1.54, 1.807) is 0 Å². The van der Waals surface area contributed by atoms with Gasteiger partial charge in [-0.25, -0.2) is 4.39 Å². The van der Waals surface area contributed by atoms with Crippen LogP contribution in [0.4, 0.5) is 4.39 Å². The molecule has 2 bridgehead atoms. The van der Waals surface area contributed by atoms with Crippen LogP contribution < -0.4 is 9.84 Å². The molecule has 2 aliphatic carbocycles. The van der Waals surface area contributed by atoms with Crippen LogP contribution in [0.2, 0.25) is 0 Å². The first kappa shape index (κ1) is 13.4. The highest BCUT2D eigenvalue weighted by Crippen LogP contribution is 2.45. The Morgan fingerprint density at radius 2 is 2.20 bits per heavy atom. The second kappa shape index (κ2) is 5.40. The molecular weight excluding hydrogens is 263 g/mol. The molecule has 0 saturated heterocycles. The Morgan fingerprint density at radius 3 is 2.85 bits per heavy atom. The number of carboxylic acids is 1. The van der Waals surface area contributed by atoms with E-state index >= 15 is 0 Å². The molecule has 2 aliphatic rings. The average Bonchev–Trinajstić information content (AvgIpc) is 3.03. The van der Waals surface area contributed by atoms with Crippen molar-refractivity contribution in [2.45, 2.75) is 31.8 Å². The predicted octanol–water partition coefficient (Wildman–Crippen LogP) is 1.73. The monoisotopic (exact) mass is 279 g/mol. The Labute approximate surface area is 116 Å². The van der Waals surface area contributed by atoms with E-state index in [2.05, 4.69) is 0 Å². The largest absolute Gasteiger partial charge is 0.545 e. The third-order valence-corrected chi connectivity index (χ3v) is 4.34. The summed E-state index contributed by atoms with van der Waals surface area (Å²) in [5, 5.41) is 10.7. The van der Waals surface area contributed by atoms with Gasteiger partial charge in [0, 0.05) is 5.56 Å². The summed E-state index contributed by atoms with van der Waals surface area (Å²) in [5.41, 5.74) is -0.110. The summed E-state index contributed by atoms with van der Waals surface area (Å²) in [5.74, 6) is -0.712. The standard InChI is InChI=1S/C15H17FO4/c16-12-4-3-11(15(17)18)7-14(12)20-8-19-13-6-9-1-2-10(13)5-9/h3-4,7,9-10,13H,1-2,5-6,8H2,(H,17,18)/p-1. The number of ether oxygens (including phenoxy) is 2. The molecule has 3 rings (SSSR count). The van der Waals surface area contributed by atoms with Crippen LogP contribution in [-0.2, 0) is 4.74 Å². The lowest BCUT2D eigenvalue weighted by Crippen LogP contribution is -2.23. The number of fused-ring (bicyclic) bond motifs is 2. The smallest absolute Gasteiger partial charge is 0.189 e. The van der Waals surface area contributed by atoms with Crippen LogP contribution in [0.3, 0.4) is 0 Å². The van der Waals surface area contributed by atoms with Crippen molar-refractivity contribution in [2.75, 3.05) is 6.79 Å². The molecule has 2 saturated carbocycles. The van der Waals surface area contributed by atoms with E-state index in [9.17, 15) is 14.3 Å². The Balaban J connectivity index is 1.55. The Hall–Kier alpha value is -1.62. The average molecular weight is 279 g/mol. The van der Waals surface area contributed by atoms with Crippen LogP contribution in [-0.4, -0.2) is 18.9 Å². The summed E-state index contributed by atoms with van der Waals surface area (Å²) < 4.78 is 24.3. The van der Waals surface area contributed by atoms with E-state index in [0.717, 1.165) is 30.5 Å². The second-order valence-corrected chi connectivity index (χ2v) is 5.57. The zero-order valence-corrected chi connectivity index (χ0v) is 11.0. The van der Waals surface area contributed by atoms with E-state index in [0.29, 0.717) is 5.92 Å². The highest BCUT2D eigenvalue weighted by atomic mass is 19.1. The van der Waals surface area contributed by atoms with Crippen LogP contribution in [0.5, 0.6) is 5.75 Å². The van der Waals surface area contributed by atoms with Crippen molar-refractivity contribution < 1.29 is 23.8 Å². The van der Waals surface area contributed by atoms with Crippen molar-refractivity contribution in [3.63, 3.8) is 0 Å². The Morgan fingerprint density at radius 1 is 1.35 bits per heavy atom. The maximum absolute atomic E-state index is 13.5. The molecule has 108 valence electrons.